The van der Waals surface area contributed by atoms with Gasteiger partial charge >= 0.3 is 6.09 Å². The molecule has 1 atom stereocenters. The summed E-state index contributed by atoms with van der Waals surface area (Å²) in [6.07, 6.45) is 3.02. The zero-order valence-electron chi connectivity index (χ0n) is 15.4. The van der Waals surface area contributed by atoms with E-state index in [-0.39, 0.29) is 37.9 Å². The second kappa shape index (κ2) is 10.2. The summed E-state index contributed by atoms with van der Waals surface area (Å²) in [6.45, 7) is 1.64. The van der Waals surface area contributed by atoms with E-state index in [1.165, 1.54) is 31.2 Å². The minimum Gasteiger partial charge on any atom is -0.476 e. The summed E-state index contributed by atoms with van der Waals surface area (Å²) in [5.74, 6) is -1.86. The Balaban J connectivity index is 2.13. The van der Waals surface area contributed by atoms with Crippen molar-refractivity contribution in [2.75, 3.05) is 31.7 Å². The van der Waals surface area contributed by atoms with Crippen LogP contribution in [0.15, 0.2) is 40.5 Å². The number of nitrogens with one attached hydrogen (secondary N) is 1. The number of hydrogen-bond acceptors (Lipinski definition) is 5. The Kier molecular flexibility index (Phi) is 7.91. The van der Waals surface area contributed by atoms with Crippen molar-refractivity contribution >= 4 is 33.6 Å². The van der Waals surface area contributed by atoms with Crippen LogP contribution in [0, 0.1) is 5.92 Å². The maximum Gasteiger partial charge on any atom is 0.406 e. The number of anilines is 1. The van der Waals surface area contributed by atoms with E-state index in [2.05, 4.69) is 31.0 Å². The molecule has 1 heterocycles. The summed E-state index contributed by atoms with van der Waals surface area (Å²) in [7, 11) is 1.24. The fourth-order valence-corrected chi connectivity index (χ4v) is 2.91. The van der Waals surface area contributed by atoms with E-state index < -0.39 is 23.7 Å². The quantitative estimate of drug-likeness (QED) is 0.672. The standard InChI is InChI=1S/C18H20BrF2N3O4/c1-11(25)24(4-3-22-18(26)27-2)16-7-13(19)9-23-17(16)28-10-12-5-14(20)8-15(21)6-12/h5,7-9,12H,3-4,6,10H2,1-2H3,(H,22,26). The van der Waals surface area contributed by atoms with E-state index in [1.54, 1.807) is 6.07 Å². The summed E-state index contributed by atoms with van der Waals surface area (Å²) in [5.41, 5.74) is 0.366. The van der Waals surface area contributed by atoms with Crippen LogP contribution in [0.25, 0.3) is 0 Å². The number of aromatic nitrogens is 1. The number of halogens is 3. The minimum atomic E-state index is -0.652. The lowest BCUT2D eigenvalue weighted by Gasteiger charge is -2.24. The molecule has 1 aromatic rings. The lowest BCUT2D eigenvalue weighted by molar-refractivity contribution is -0.116. The number of amides is 2. The second-order valence-electron chi connectivity index (χ2n) is 5.98. The van der Waals surface area contributed by atoms with Crippen molar-refractivity contribution in [2.45, 2.75) is 13.3 Å². The van der Waals surface area contributed by atoms with Gasteiger partial charge in [-0.15, -0.1) is 0 Å². The smallest absolute Gasteiger partial charge is 0.406 e. The van der Waals surface area contributed by atoms with Gasteiger partial charge in [-0.1, -0.05) is 0 Å². The molecule has 0 bridgehead atoms. The van der Waals surface area contributed by atoms with Gasteiger partial charge in [-0.2, -0.15) is 0 Å². The molecular weight excluding hydrogens is 440 g/mol. The van der Waals surface area contributed by atoms with Crippen LogP contribution >= 0.6 is 15.9 Å². The summed E-state index contributed by atoms with van der Waals surface area (Å²) >= 11 is 3.30. The van der Waals surface area contributed by atoms with Crippen molar-refractivity contribution in [1.82, 2.24) is 10.3 Å². The van der Waals surface area contributed by atoms with Gasteiger partial charge < -0.3 is 19.7 Å². The number of nitrogens with zero attached hydrogens (tertiary/aromatic N) is 2. The third kappa shape index (κ3) is 6.29. The highest BCUT2D eigenvalue weighted by Gasteiger charge is 2.21. The lowest BCUT2D eigenvalue weighted by atomic mass is 10.0. The third-order valence-corrected chi connectivity index (χ3v) is 4.27. The summed E-state index contributed by atoms with van der Waals surface area (Å²) in [6, 6.07) is 1.64. The summed E-state index contributed by atoms with van der Waals surface area (Å²) in [5, 5.41) is 2.49. The van der Waals surface area contributed by atoms with E-state index in [0.29, 0.717) is 10.2 Å². The number of ether oxygens (including phenoxy) is 2. The first-order valence-corrected chi connectivity index (χ1v) is 9.21. The highest BCUT2D eigenvalue weighted by atomic mass is 79.9. The molecular formula is C18H20BrF2N3O4. The van der Waals surface area contributed by atoms with Gasteiger partial charge in [0.15, 0.2) is 0 Å². The Morgan fingerprint density at radius 3 is 2.82 bits per heavy atom. The maximum atomic E-state index is 13.4. The van der Waals surface area contributed by atoms with E-state index in [0.717, 1.165) is 6.08 Å². The van der Waals surface area contributed by atoms with Crippen LogP contribution in [0.5, 0.6) is 5.88 Å². The van der Waals surface area contributed by atoms with Gasteiger partial charge in [0.05, 0.1) is 13.7 Å². The van der Waals surface area contributed by atoms with Crippen LogP contribution < -0.4 is 15.0 Å². The van der Waals surface area contributed by atoms with Crippen LogP contribution in [0.2, 0.25) is 0 Å². The lowest BCUT2D eigenvalue weighted by Crippen LogP contribution is -2.38. The fourth-order valence-electron chi connectivity index (χ4n) is 2.59. The molecule has 0 aliphatic heterocycles. The zero-order valence-corrected chi connectivity index (χ0v) is 17.0. The molecule has 28 heavy (non-hydrogen) atoms. The Hall–Kier alpha value is -2.49. The van der Waals surface area contributed by atoms with Crippen molar-refractivity contribution in [3.05, 3.63) is 40.5 Å². The van der Waals surface area contributed by atoms with E-state index in [4.69, 9.17) is 4.74 Å². The fraction of sp³-hybridized carbons (Fsp3) is 0.389. The van der Waals surface area contributed by atoms with Gasteiger partial charge in [0.25, 0.3) is 0 Å². The Morgan fingerprint density at radius 1 is 1.43 bits per heavy atom. The monoisotopic (exact) mass is 459 g/mol. The largest absolute Gasteiger partial charge is 0.476 e. The molecule has 0 aromatic carbocycles. The van der Waals surface area contributed by atoms with Crippen molar-refractivity contribution in [3.63, 3.8) is 0 Å². The number of allylic oxidation sites excluding steroid dienone is 3. The molecule has 0 radical (unpaired) electrons. The van der Waals surface area contributed by atoms with Crippen LogP contribution in [0.1, 0.15) is 13.3 Å². The average molecular weight is 460 g/mol. The van der Waals surface area contributed by atoms with Crippen molar-refractivity contribution in [3.8, 4) is 5.88 Å². The van der Waals surface area contributed by atoms with Crippen LogP contribution in [0.3, 0.4) is 0 Å². The molecule has 0 saturated heterocycles. The normalized spacial score (nSPS) is 16.0. The average Bonchev–Trinajstić information content (AvgIpc) is 2.63. The van der Waals surface area contributed by atoms with Gasteiger partial charge in [-0.3, -0.25) is 4.79 Å². The van der Waals surface area contributed by atoms with Crippen molar-refractivity contribution in [2.24, 2.45) is 5.92 Å². The molecule has 0 fully saturated rings. The highest BCUT2D eigenvalue weighted by Crippen LogP contribution is 2.31. The van der Waals surface area contributed by atoms with Gasteiger partial charge in [0.1, 0.15) is 17.3 Å². The number of rotatable bonds is 7. The second-order valence-corrected chi connectivity index (χ2v) is 6.90. The molecule has 0 saturated carbocycles. The van der Waals surface area contributed by atoms with Gasteiger partial charge in [-0.05, 0) is 28.1 Å². The van der Waals surface area contributed by atoms with E-state index >= 15 is 0 Å². The molecule has 0 spiro atoms. The molecule has 1 N–H and O–H groups in total. The third-order valence-electron chi connectivity index (χ3n) is 3.84. The maximum absolute atomic E-state index is 13.4. The number of carbonyl (C=O) groups excluding carboxylic acids is 2. The summed E-state index contributed by atoms with van der Waals surface area (Å²) < 4.78 is 37.6. The van der Waals surface area contributed by atoms with Crippen molar-refractivity contribution < 1.29 is 27.8 Å². The molecule has 7 nitrogen and oxygen atoms in total. The van der Waals surface area contributed by atoms with Crippen LogP contribution in [0.4, 0.5) is 19.3 Å². The number of hydrogen-bond donors (Lipinski definition) is 1. The minimum absolute atomic E-state index is 0.0114. The van der Waals surface area contributed by atoms with Crippen molar-refractivity contribution in [1.29, 1.82) is 0 Å². The highest BCUT2D eigenvalue weighted by molar-refractivity contribution is 9.10. The Labute approximate surface area is 169 Å². The Bertz CT molecular complexity index is 801. The number of pyridine rings is 1. The topological polar surface area (TPSA) is 80.8 Å². The molecule has 1 aliphatic rings. The first-order chi connectivity index (χ1) is 13.3. The number of methoxy groups -OCH3 is 1. The molecule has 1 unspecified atom stereocenters. The van der Waals surface area contributed by atoms with Gasteiger partial charge in [0.2, 0.25) is 11.8 Å². The zero-order chi connectivity index (χ0) is 20.7. The Morgan fingerprint density at radius 2 is 2.18 bits per heavy atom. The first kappa shape index (κ1) is 21.8. The van der Waals surface area contributed by atoms with E-state index in [9.17, 15) is 18.4 Å². The predicted molar refractivity (Wildman–Crippen MR) is 102 cm³/mol. The molecule has 2 amide bonds. The summed E-state index contributed by atoms with van der Waals surface area (Å²) in [4.78, 5) is 28.9. The molecule has 1 aliphatic carbocycles. The van der Waals surface area contributed by atoms with E-state index in [1.807, 2.05) is 0 Å². The predicted octanol–water partition coefficient (Wildman–Crippen LogP) is 3.66. The van der Waals surface area contributed by atoms with Gasteiger partial charge in [0, 0.05) is 49.1 Å². The molecule has 10 heteroatoms. The molecule has 2 rings (SSSR count). The molecule has 152 valence electrons. The first-order valence-electron chi connectivity index (χ1n) is 8.41. The van der Waals surface area contributed by atoms with Crippen LogP contribution in [-0.4, -0.2) is 43.8 Å². The molecule has 1 aromatic heterocycles. The SMILES string of the molecule is COC(=O)NCCN(C(C)=O)c1cc(Br)cnc1OCC1C=C(F)C=C(F)C1. The number of alkyl carbamates (subject to hydrolysis) is 1. The number of carbonyl (C=O) groups is 2. The van der Waals surface area contributed by atoms with Gasteiger partial charge in [-0.25, -0.2) is 18.6 Å². The van der Waals surface area contributed by atoms with Crippen LogP contribution in [-0.2, 0) is 9.53 Å².